The molecule has 4 aliphatic rings. The zero-order valence-corrected chi connectivity index (χ0v) is 14.9. The molecule has 0 saturated heterocycles. The summed E-state index contributed by atoms with van der Waals surface area (Å²) < 4.78 is 5.63. The summed E-state index contributed by atoms with van der Waals surface area (Å²) in [6.07, 6.45) is 8.28. The molecule has 1 amide bonds. The Bertz CT molecular complexity index is 571. The quantitative estimate of drug-likeness (QED) is 0.884. The van der Waals surface area contributed by atoms with Crippen LogP contribution in [0, 0.1) is 30.1 Å². The first kappa shape index (κ1) is 16.0. The third-order valence-corrected chi connectivity index (χ3v) is 6.77. The van der Waals surface area contributed by atoms with Gasteiger partial charge in [0.15, 0.2) is 6.61 Å². The van der Waals surface area contributed by atoms with Crippen molar-refractivity contribution in [3.05, 3.63) is 29.8 Å². The number of ether oxygens (including phenoxy) is 1. The highest BCUT2D eigenvalue weighted by Crippen LogP contribution is 2.61. The molecule has 1 N–H and O–H groups in total. The molecule has 5 rings (SSSR count). The van der Waals surface area contributed by atoms with Gasteiger partial charge >= 0.3 is 0 Å². The molecule has 1 aromatic rings. The van der Waals surface area contributed by atoms with Gasteiger partial charge in [0.25, 0.3) is 5.91 Å². The summed E-state index contributed by atoms with van der Waals surface area (Å²) in [6.45, 7) is 4.38. The maximum absolute atomic E-state index is 12.4. The first-order chi connectivity index (χ1) is 11.5. The number of carbonyl (C=O) groups excluding carboxylic acids is 1. The Morgan fingerprint density at radius 1 is 1.12 bits per heavy atom. The fourth-order valence-corrected chi connectivity index (χ4v) is 5.93. The van der Waals surface area contributed by atoms with Crippen LogP contribution in [0.25, 0.3) is 0 Å². The van der Waals surface area contributed by atoms with Crippen LogP contribution in [0.15, 0.2) is 24.3 Å². The number of benzene rings is 1. The van der Waals surface area contributed by atoms with Crippen LogP contribution in [0.4, 0.5) is 0 Å². The zero-order chi connectivity index (χ0) is 16.7. The van der Waals surface area contributed by atoms with Gasteiger partial charge in [0.05, 0.1) is 0 Å². The maximum atomic E-state index is 12.4. The molecule has 0 radical (unpaired) electrons. The second-order valence-corrected chi connectivity index (χ2v) is 8.67. The lowest BCUT2D eigenvalue weighted by atomic mass is 9.48. The first-order valence-electron chi connectivity index (χ1n) is 9.51. The zero-order valence-electron chi connectivity index (χ0n) is 14.9. The Morgan fingerprint density at radius 3 is 2.21 bits per heavy atom. The lowest BCUT2D eigenvalue weighted by Gasteiger charge is -2.59. The molecule has 0 aromatic heterocycles. The molecule has 0 unspecified atom stereocenters. The standard InChI is InChI=1S/C21H29NO2/c1-14-3-5-19(6-4-14)24-13-20(23)22-15(2)21-10-16-7-17(11-21)9-18(8-16)12-21/h3-6,15-18H,7-13H2,1-2H3,(H,22,23)/t15-,16?,17?,18?,21?/m1/s1. The summed E-state index contributed by atoms with van der Waals surface area (Å²) in [5.74, 6) is 3.52. The molecular weight excluding hydrogens is 298 g/mol. The molecule has 4 saturated carbocycles. The highest BCUT2D eigenvalue weighted by atomic mass is 16.5. The Morgan fingerprint density at radius 2 is 1.67 bits per heavy atom. The van der Waals surface area contributed by atoms with Gasteiger partial charge in [0.1, 0.15) is 5.75 Å². The molecule has 1 aromatic carbocycles. The molecule has 0 spiro atoms. The summed E-state index contributed by atoms with van der Waals surface area (Å²) in [5, 5.41) is 3.25. The van der Waals surface area contributed by atoms with Crippen molar-refractivity contribution >= 4 is 5.91 Å². The van der Waals surface area contributed by atoms with Crippen molar-refractivity contribution in [1.82, 2.24) is 5.32 Å². The topological polar surface area (TPSA) is 38.3 Å². The number of aryl methyl sites for hydroxylation is 1. The number of carbonyl (C=O) groups is 1. The van der Waals surface area contributed by atoms with Gasteiger partial charge in [-0.05, 0) is 87.7 Å². The van der Waals surface area contributed by atoms with Crippen LogP contribution in [0.1, 0.15) is 51.0 Å². The van der Waals surface area contributed by atoms with Gasteiger partial charge in [-0.1, -0.05) is 17.7 Å². The molecule has 24 heavy (non-hydrogen) atoms. The van der Waals surface area contributed by atoms with E-state index >= 15 is 0 Å². The van der Waals surface area contributed by atoms with Gasteiger partial charge in [-0.15, -0.1) is 0 Å². The normalized spacial score (nSPS) is 34.8. The Balaban J connectivity index is 1.33. The predicted molar refractivity (Wildman–Crippen MR) is 94.9 cm³/mol. The molecule has 130 valence electrons. The van der Waals surface area contributed by atoms with Crippen LogP contribution in [0.3, 0.4) is 0 Å². The minimum absolute atomic E-state index is 0.0128. The molecule has 1 atom stereocenters. The largest absolute Gasteiger partial charge is 0.484 e. The lowest BCUT2D eigenvalue weighted by molar-refractivity contribution is -0.127. The van der Waals surface area contributed by atoms with E-state index in [-0.39, 0.29) is 18.6 Å². The van der Waals surface area contributed by atoms with Gasteiger partial charge in [0.2, 0.25) is 0 Å². The van der Waals surface area contributed by atoms with Gasteiger partial charge in [-0.3, -0.25) is 4.79 Å². The van der Waals surface area contributed by atoms with Gasteiger partial charge in [-0.25, -0.2) is 0 Å². The lowest BCUT2D eigenvalue weighted by Crippen LogP contribution is -2.56. The van der Waals surface area contributed by atoms with Crippen LogP contribution in [-0.2, 0) is 4.79 Å². The molecule has 4 bridgehead atoms. The van der Waals surface area contributed by atoms with E-state index in [1.54, 1.807) is 0 Å². The molecule has 0 heterocycles. The van der Waals surface area contributed by atoms with Crippen LogP contribution in [0.2, 0.25) is 0 Å². The minimum Gasteiger partial charge on any atom is -0.484 e. The predicted octanol–water partition coefficient (Wildman–Crippen LogP) is 4.09. The third-order valence-electron chi connectivity index (χ3n) is 6.77. The second kappa shape index (κ2) is 6.09. The van der Waals surface area contributed by atoms with Gasteiger partial charge in [-0.2, -0.15) is 0 Å². The van der Waals surface area contributed by atoms with Crippen LogP contribution < -0.4 is 10.1 Å². The van der Waals surface area contributed by atoms with Crippen molar-refractivity contribution in [2.24, 2.45) is 23.2 Å². The number of hydrogen-bond donors (Lipinski definition) is 1. The molecule has 4 fully saturated rings. The van der Waals surface area contributed by atoms with E-state index in [1.807, 2.05) is 31.2 Å². The highest BCUT2D eigenvalue weighted by Gasteiger charge is 2.53. The van der Waals surface area contributed by atoms with Crippen molar-refractivity contribution in [1.29, 1.82) is 0 Å². The molecule has 4 aliphatic carbocycles. The van der Waals surface area contributed by atoms with Crippen LogP contribution in [0.5, 0.6) is 5.75 Å². The van der Waals surface area contributed by atoms with E-state index in [1.165, 1.54) is 44.1 Å². The van der Waals surface area contributed by atoms with Crippen molar-refractivity contribution in [2.75, 3.05) is 6.61 Å². The molecule has 3 heteroatoms. The number of amides is 1. The summed E-state index contributed by atoms with van der Waals surface area (Å²) >= 11 is 0. The van der Waals surface area contributed by atoms with E-state index in [2.05, 4.69) is 12.2 Å². The van der Waals surface area contributed by atoms with Crippen molar-refractivity contribution < 1.29 is 9.53 Å². The van der Waals surface area contributed by atoms with Crippen molar-refractivity contribution in [3.8, 4) is 5.75 Å². The third kappa shape index (κ3) is 3.05. The van der Waals surface area contributed by atoms with Crippen molar-refractivity contribution in [2.45, 2.75) is 58.4 Å². The van der Waals surface area contributed by atoms with Gasteiger partial charge < -0.3 is 10.1 Å². The minimum atomic E-state index is 0.0128. The fraction of sp³-hybridized carbons (Fsp3) is 0.667. The molecule has 3 nitrogen and oxygen atoms in total. The monoisotopic (exact) mass is 327 g/mol. The van der Waals surface area contributed by atoms with E-state index in [9.17, 15) is 4.79 Å². The average molecular weight is 327 g/mol. The van der Waals surface area contributed by atoms with Crippen LogP contribution >= 0.6 is 0 Å². The molecular formula is C21H29NO2. The molecule has 0 aliphatic heterocycles. The Labute approximate surface area is 145 Å². The summed E-state index contributed by atoms with van der Waals surface area (Å²) in [6, 6.07) is 8.12. The van der Waals surface area contributed by atoms with E-state index < -0.39 is 0 Å². The average Bonchev–Trinajstić information content (AvgIpc) is 2.53. The van der Waals surface area contributed by atoms with E-state index in [0.717, 1.165) is 23.5 Å². The fourth-order valence-electron chi connectivity index (χ4n) is 5.93. The maximum Gasteiger partial charge on any atom is 0.258 e. The number of rotatable bonds is 5. The smallest absolute Gasteiger partial charge is 0.258 e. The Hall–Kier alpha value is -1.51. The Kier molecular flexibility index (Phi) is 4.06. The summed E-state index contributed by atoms with van der Waals surface area (Å²) in [5.41, 5.74) is 1.55. The second-order valence-electron chi connectivity index (χ2n) is 8.67. The highest BCUT2D eigenvalue weighted by molar-refractivity contribution is 5.77. The van der Waals surface area contributed by atoms with Gasteiger partial charge in [0, 0.05) is 6.04 Å². The number of nitrogens with one attached hydrogen (secondary N) is 1. The van der Waals surface area contributed by atoms with E-state index in [4.69, 9.17) is 4.74 Å². The van der Waals surface area contributed by atoms with E-state index in [0.29, 0.717) is 5.41 Å². The van der Waals surface area contributed by atoms with Crippen molar-refractivity contribution in [3.63, 3.8) is 0 Å². The first-order valence-corrected chi connectivity index (χ1v) is 9.51. The summed E-state index contributed by atoms with van der Waals surface area (Å²) in [4.78, 5) is 12.4. The van der Waals surface area contributed by atoms with Crippen LogP contribution in [-0.4, -0.2) is 18.6 Å². The SMILES string of the molecule is Cc1ccc(OCC(=O)N[C@H](C)C23CC4CC(CC(C4)C2)C3)cc1. The number of hydrogen-bond acceptors (Lipinski definition) is 2. The summed E-state index contributed by atoms with van der Waals surface area (Å²) in [7, 11) is 0.